The van der Waals surface area contributed by atoms with Gasteiger partial charge in [0.1, 0.15) is 11.0 Å². The molecule has 1 aromatic heterocycles. The van der Waals surface area contributed by atoms with Gasteiger partial charge in [-0.1, -0.05) is 11.6 Å². The molecule has 1 N–H and O–H groups in total. The van der Waals surface area contributed by atoms with Crippen LogP contribution in [0, 0.1) is 0 Å². The van der Waals surface area contributed by atoms with Gasteiger partial charge in [0.05, 0.1) is 0 Å². The Morgan fingerprint density at radius 3 is 2.86 bits per heavy atom. The molecule has 0 radical (unpaired) electrons. The maximum absolute atomic E-state index is 11.1. The Bertz CT molecular complexity index is 371. The fraction of sp³-hybridized carbons (Fsp3) is 0.556. The van der Waals surface area contributed by atoms with E-state index in [2.05, 4.69) is 9.97 Å². The molecule has 0 unspecified atom stereocenters. The van der Waals surface area contributed by atoms with E-state index in [9.17, 15) is 4.79 Å². The summed E-state index contributed by atoms with van der Waals surface area (Å²) in [6, 6.07) is 1.28. The van der Waals surface area contributed by atoms with Crippen molar-refractivity contribution in [3.63, 3.8) is 0 Å². The number of aromatic nitrogens is 2. The van der Waals surface area contributed by atoms with Gasteiger partial charge in [-0.05, 0) is 12.8 Å². The SMILES string of the molecule is O=c1cc(Cl)nc(C2CCOCC2)[nH]1. The van der Waals surface area contributed by atoms with E-state index in [1.165, 1.54) is 6.07 Å². The highest BCUT2D eigenvalue weighted by Gasteiger charge is 2.18. The van der Waals surface area contributed by atoms with Gasteiger partial charge in [-0.3, -0.25) is 4.79 Å². The minimum Gasteiger partial charge on any atom is -0.381 e. The fourth-order valence-corrected chi connectivity index (χ4v) is 1.80. The number of ether oxygens (including phenoxy) is 1. The summed E-state index contributed by atoms with van der Waals surface area (Å²) in [6.45, 7) is 1.45. The van der Waals surface area contributed by atoms with Crippen LogP contribution in [0.1, 0.15) is 24.6 Å². The van der Waals surface area contributed by atoms with Crippen LogP contribution in [0.5, 0.6) is 0 Å². The van der Waals surface area contributed by atoms with Crippen LogP contribution in [0.25, 0.3) is 0 Å². The number of halogens is 1. The van der Waals surface area contributed by atoms with Crippen molar-refractivity contribution in [2.24, 2.45) is 0 Å². The third kappa shape index (κ3) is 2.13. The van der Waals surface area contributed by atoms with Crippen LogP contribution in [-0.4, -0.2) is 23.2 Å². The summed E-state index contributed by atoms with van der Waals surface area (Å²) in [4.78, 5) is 18.0. The molecule has 0 saturated carbocycles. The van der Waals surface area contributed by atoms with Gasteiger partial charge in [0.15, 0.2) is 0 Å². The van der Waals surface area contributed by atoms with Crippen molar-refractivity contribution in [1.82, 2.24) is 9.97 Å². The average Bonchev–Trinajstić information content (AvgIpc) is 2.18. The standard InChI is InChI=1S/C9H11ClN2O2/c10-7-5-8(13)12-9(11-7)6-1-3-14-4-2-6/h5-6H,1-4H2,(H,11,12,13). The fourth-order valence-electron chi connectivity index (χ4n) is 1.61. The lowest BCUT2D eigenvalue weighted by molar-refractivity contribution is 0.0835. The van der Waals surface area contributed by atoms with Crippen LogP contribution in [-0.2, 0) is 4.74 Å². The molecule has 2 heterocycles. The number of H-pyrrole nitrogens is 1. The van der Waals surface area contributed by atoms with Gasteiger partial charge in [-0.15, -0.1) is 0 Å². The predicted molar refractivity (Wildman–Crippen MR) is 52.7 cm³/mol. The molecule has 5 heteroatoms. The predicted octanol–water partition coefficient (Wildman–Crippen LogP) is 1.32. The first kappa shape index (κ1) is 9.68. The van der Waals surface area contributed by atoms with Crippen molar-refractivity contribution in [3.05, 3.63) is 27.4 Å². The van der Waals surface area contributed by atoms with Crippen molar-refractivity contribution in [2.45, 2.75) is 18.8 Å². The van der Waals surface area contributed by atoms with Gasteiger partial charge < -0.3 is 9.72 Å². The van der Waals surface area contributed by atoms with Gasteiger partial charge in [-0.2, -0.15) is 0 Å². The molecule has 1 fully saturated rings. The van der Waals surface area contributed by atoms with E-state index in [1.807, 2.05) is 0 Å². The highest BCUT2D eigenvalue weighted by Crippen LogP contribution is 2.23. The maximum Gasteiger partial charge on any atom is 0.252 e. The molecule has 14 heavy (non-hydrogen) atoms. The number of aromatic amines is 1. The van der Waals surface area contributed by atoms with Crippen LogP contribution in [0.15, 0.2) is 10.9 Å². The average molecular weight is 215 g/mol. The molecular weight excluding hydrogens is 204 g/mol. The second-order valence-electron chi connectivity index (χ2n) is 3.34. The molecule has 0 amide bonds. The lowest BCUT2D eigenvalue weighted by Gasteiger charge is -2.20. The van der Waals surface area contributed by atoms with Crippen molar-refractivity contribution < 1.29 is 4.74 Å². The third-order valence-corrected chi connectivity index (χ3v) is 2.53. The number of hydrogen-bond donors (Lipinski definition) is 1. The minimum absolute atomic E-state index is 0.188. The monoisotopic (exact) mass is 214 g/mol. The van der Waals surface area contributed by atoms with Crippen molar-refractivity contribution >= 4 is 11.6 Å². The molecule has 0 aromatic carbocycles. The normalized spacial score (nSPS) is 18.4. The molecule has 76 valence electrons. The Morgan fingerprint density at radius 1 is 1.50 bits per heavy atom. The van der Waals surface area contributed by atoms with E-state index >= 15 is 0 Å². The molecular formula is C9H11ClN2O2. The van der Waals surface area contributed by atoms with Crippen LogP contribution < -0.4 is 5.56 Å². The zero-order chi connectivity index (χ0) is 9.97. The Hall–Kier alpha value is -0.870. The smallest absolute Gasteiger partial charge is 0.252 e. The first-order chi connectivity index (χ1) is 6.75. The highest BCUT2D eigenvalue weighted by atomic mass is 35.5. The number of hydrogen-bond acceptors (Lipinski definition) is 3. The topological polar surface area (TPSA) is 55.0 Å². The van der Waals surface area contributed by atoms with E-state index in [4.69, 9.17) is 16.3 Å². The number of nitrogens with zero attached hydrogens (tertiary/aromatic N) is 1. The largest absolute Gasteiger partial charge is 0.381 e. The van der Waals surface area contributed by atoms with E-state index in [0.29, 0.717) is 5.82 Å². The van der Waals surface area contributed by atoms with Gasteiger partial charge >= 0.3 is 0 Å². The van der Waals surface area contributed by atoms with Gasteiger partial charge in [0.2, 0.25) is 0 Å². The molecule has 0 bridgehead atoms. The Labute approximate surface area is 86.3 Å². The molecule has 1 aliphatic heterocycles. The molecule has 1 saturated heterocycles. The van der Waals surface area contributed by atoms with Gasteiger partial charge in [0, 0.05) is 25.2 Å². The summed E-state index contributed by atoms with van der Waals surface area (Å²) < 4.78 is 5.23. The van der Waals surface area contributed by atoms with Crippen LogP contribution >= 0.6 is 11.6 Å². The van der Waals surface area contributed by atoms with E-state index in [0.717, 1.165) is 26.1 Å². The Kier molecular flexibility index (Phi) is 2.84. The first-order valence-corrected chi connectivity index (χ1v) is 4.98. The van der Waals surface area contributed by atoms with E-state index < -0.39 is 0 Å². The number of rotatable bonds is 1. The summed E-state index contributed by atoms with van der Waals surface area (Å²) >= 11 is 5.71. The van der Waals surface area contributed by atoms with E-state index in [-0.39, 0.29) is 16.6 Å². The second-order valence-corrected chi connectivity index (χ2v) is 3.73. The molecule has 1 aromatic rings. The van der Waals surface area contributed by atoms with Crippen LogP contribution in [0.4, 0.5) is 0 Å². The van der Waals surface area contributed by atoms with Crippen molar-refractivity contribution in [1.29, 1.82) is 0 Å². The lowest BCUT2D eigenvalue weighted by atomic mass is 10.00. The first-order valence-electron chi connectivity index (χ1n) is 4.60. The van der Waals surface area contributed by atoms with E-state index in [1.54, 1.807) is 0 Å². The quantitative estimate of drug-likeness (QED) is 0.718. The molecule has 4 nitrogen and oxygen atoms in total. The summed E-state index contributed by atoms with van der Waals surface area (Å²) in [5.41, 5.74) is -0.188. The molecule has 0 atom stereocenters. The van der Waals surface area contributed by atoms with Crippen LogP contribution in [0.2, 0.25) is 5.15 Å². The van der Waals surface area contributed by atoms with Gasteiger partial charge in [-0.25, -0.2) is 4.98 Å². The van der Waals surface area contributed by atoms with Crippen LogP contribution in [0.3, 0.4) is 0 Å². The zero-order valence-electron chi connectivity index (χ0n) is 7.62. The van der Waals surface area contributed by atoms with Crippen molar-refractivity contribution in [2.75, 3.05) is 13.2 Å². The molecule has 2 rings (SSSR count). The van der Waals surface area contributed by atoms with Crippen molar-refractivity contribution in [3.8, 4) is 0 Å². The number of nitrogens with one attached hydrogen (secondary N) is 1. The Morgan fingerprint density at radius 2 is 2.21 bits per heavy atom. The Balaban J connectivity index is 2.26. The minimum atomic E-state index is -0.188. The highest BCUT2D eigenvalue weighted by molar-refractivity contribution is 6.29. The zero-order valence-corrected chi connectivity index (χ0v) is 8.38. The second kappa shape index (κ2) is 4.11. The molecule has 0 aliphatic carbocycles. The lowest BCUT2D eigenvalue weighted by Crippen LogP contribution is -2.19. The summed E-state index contributed by atoms with van der Waals surface area (Å²) in [6.07, 6.45) is 1.78. The molecule has 0 spiro atoms. The summed E-state index contributed by atoms with van der Waals surface area (Å²) in [5, 5.41) is 0.259. The summed E-state index contributed by atoms with van der Waals surface area (Å²) in [7, 11) is 0. The third-order valence-electron chi connectivity index (χ3n) is 2.34. The molecule has 1 aliphatic rings. The summed E-state index contributed by atoms with van der Waals surface area (Å²) in [5.74, 6) is 0.959. The maximum atomic E-state index is 11.1. The van der Waals surface area contributed by atoms with Gasteiger partial charge in [0.25, 0.3) is 5.56 Å².